The second-order valence-electron chi connectivity index (χ2n) is 6.10. The lowest BCUT2D eigenvalue weighted by Crippen LogP contribution is -2.29. The number of benzene rings is 2. The Hall–Kier alpha value is -3.55. The number of rotatable bonds is 8. The fraction of sp³-hybridized carbons (Fsp3) is 0.250. The third kappa shape index (κ3) is 4.06. The lowest BCUT2D eigenvalue weighted by Gasteiger charge is -2.08. The summed E-state index contributed by atoms with van der Waals surface area (Å²) in [6.07, 6.45) is 0. The summed E-state index contributed by atoms with van der Waals surface area (Å²) in [5, 5.41) is 17.6. The third-order valence-electron chi connectivity index (χ3n) is 4.25. The van der Waals surface area contributed by atoms with Crippen LogP contribution in [0.25, 0.3) is 11.0 Å². The molecule has 0 atom stereocenters. The van der Waals surface area contributed by atoms with E-state index in [2.05, 4.69) is 10.6 Å². The maximum absolute atomic E-state index is 12.5. The molecule has 0 bridgehead atoms. The van der Waals surface area contributed by atoms with Crippen LogP contribution in [0.4, 0.5) is 11.4 Å². The topological polar surface area (TPSA) is 107 Å². The van der Waals surface area contributed by atoms with Crippen LogP contribution in [-0.4, -0.2) is 30.5 Å². The quantitative estimate of drug-likeness (QED) is 0.347. The van der Waals surface area contributed by atoms with Crippen molar-refractivity contribution in [2.24, 2.45) is 0 Å². The highest BCUT2D eigenvalue weighted by Crippen LogP contribution is 2.29. The summed E-state index contributed by atoms with van der Waals surface area (Å²) >= 11 is 0. The Morgan fingerprint density at radius 2 is 2.00 bits per heavy atom. The number of amides is 1. The van der Waals surface area contributed by atoms with Gasteiger partial charge in [0.2, 0.25) is 0 Å². The smallest absolute Gasteiger partial charge is 0.292 e. The first-order valence-corrected chi connectivity index (χ1v) is 8.92. The monoisotopic (exact) mass is 383 g/mol. The molecule has 28 heavy (non-hydrogen) atoms. The van der Waals surface area contributed by atoms with Crippen molar-refractivity contribution in [2.45, 2.75) is 13.8 Å². The van der Waals surface area contributed by atoms with Crippen LogP contribution >= 0.6 is 0 Å². The van der Waals surface area contributed by atoms with Gasteiger partial charge in [0.05, 0.1) is 11.5 Å². The Kier molecular flexibility index (Phi) is 5.78. The van der Waals surface area contributed by atoms with Crippen LogP contribution in [0.2, 0.25) is 0 Å². The molecule has 0 radical (unpaired) electrons. The molecule has 1 aromatic heterocycles. The molecule has 0 aliphatic heterocycles. The van der Waals surface area contributed by atoms with Crippen LogP contribution in [0.3, 0.4) is 0 Å². The first-order chi connectivity index (χ1) is 13.5. The number of para-hydroxylation sites is 2. The van der Waals surface area contributed by atoms with Gasteiger partial charge in [-0.1, -0.05) is 12.1 Å². The molecule has 2 N–H and O–H groups in total. The highest BCUT2D eigenvalue weighted by molar-refractivity contribution is 5.99. The van der Waals surface area contributed by atoms with Crippen LogP contribution in [0.5, 0.6) is 5.75 Å². The molecule has 8 nitrogen and oxygen atoms in total. The van der Waals surface area contributed by atoms with E-state index in [0.717, 1.165) is 16.7 Å². The Morgan fingerprint density at radius 3 is 2.75 bits per heavy atom. The second kappa shape index (κ2) is 8.43. The van der Waals surface area contributed by atoms with Gasteiger partial charge in [-0.05, 0) is 38.1 Å². The molecule has 0 saturated carbocycles. The van der Waals surface area contributed by atoms with E-state index in [4.69, 9.17) is 9.15 Å². The number of anilines is 1. The predicted molar refractivity (Wildman–Crippen MR) is 106 cm³/mol. The van der Waals surface area contributed by atoms with Crippen molar-refractivity contribution in [2.75, 3.05) is 25.0 Å². The molecule has 0 saturated heterocycles. The molecule has 0 spiro atoms. The van der Waals surface area contributed by atoms with Gasteiger partial charge in [-0.25, -0.2) is 0 Å². The minimum Gasteiger partial charge on any atom is -0.494 e. The number of nitro groups is 1. The van der Waals surface area contributed by atoms with Crippen molar-refractivity contribution in [3.8, 4) is 5.75 Å². The van der Waals surface area contributed by atoms with E-state index in [1.54, 1.807) is 30.3 Å². The SMILES string of the molecule is CCOc1ccc2oc(C(=O)NCCNc3ccccc3[N+](=O)[O-])c(C)c2c1. The van der Waals surface area contributed by atoms with Crippen LogP contribution < -0.4 is 15.4 Å². The van der Waals surface area contributed by atoms with Gasteiger partial charge in [-0.3, -0.25) is 14.9 Å². The van der Waals surface area contributed by atoms with E-state index in [0.29, 0.717) is 24.4 Å². The van der Waals surface area contributed by atoms with Crippen molar-refractivity contribution >= 4 is 28.3 Å². The minimum atomic E-state index is -0.449. The average molecular weight is 383 g/mol. The molecule has 0 fully saturated rings. The number of furan rings is 1. The highest BCUT2D eigenvalue weighted by atomic mass is 16.6. The van der Waals surface area contributed by atoms with E-state index >= 15 is 0 Å². The van der Waals surface area contributed by atoms with Gasteiger partial charge in [0.25, 0.3) is 11.6 Å². The molecule has 2 aromatic carbocycles. The molecule has 146 valence electrons. The van der Waals surface area contributed by atoms with Gasteiger partial charge >= 0.3 is 0 Å². The first-order valence-electron chi connectivity index (χ1n) is 8.92. The molecule has 3 rings (SSSR count). The fourth-order valence-corrected chi connectivity index (χ4v) is 2.91. The van der Waals surface area contributed by atoms with Crippen molar-refractivity contribution in [3.05, 3.63) is 63.9 Å². The van der Waals surface area contributed by atoms with Gasteiger partial charge in [-0.15, -0.1) is 0 Å². The summed E-state index contributed by atoms with van der Waals surface area (Å²) < 4.78 is 11.2. The predicted octanol–water partition coefficient (Wildman–Crippen LogP) is 3.89. The number of carbonyl (C=O) groups is 1. The molecule has 1 heterocycles. The maximum atomic E-state index is 12.5. The van der Waals surface area contributed by atoms with Crippen molar-refractivity contribution in [3.63, 3.8) is 0 Å². The highest BCUT2D eigenvalue weighted by Gasteiger charge is 2.18. The number of carbonyl (C=O) groups excluding carboxylic acids is 1. The summed E-state index contributed by atoms with van der Waals surface area (Å²) in [4.78, 5) is 23.0. The summed E-state index contributed by atoms with van der Waals surface area (Å²) in [5.74, 6) is 0.630. The van der Waals surface area contributed by atoms with Crippen LogP contribution in [0, 0.1) is 17.0 Å². The number of nitrogens with zero attached hydrogens (tertiary/aromatic N) is 1. The Balaban J connectivity index is 1.62. The van der Waals surface area contributed by atoms with Gasteiger partial charge in [0.1, 0.15) is 17.0 Å². The van der Waals surface area contributed by atoms with Crippen LogP contribution in [0.15, 0.2) is 46.9 Å². The van der Waals surface area contributed by atoms with Crippen molar-refractivity contribution in [1.82, 2.24) is 5.32 Å². The van der Waals surface area contributed by atoms with E-state index in [-0.39, 0.29) is 23.9 Å². The normalized spacial score (nSPS) is 10.6. The van der Waals surface area contributed by atoms with E-state index in [9.17, 15) is 14.9 Å². The maximum Gasteiger partial charge on any atom is 0.292 e. The molecule has 3 aromatic rings. The fourth-order valence-electron chi connectivity index (χ4n) is 2.91. The van der Waals surface area contributed by atoms with Gasteiger partial charge < -0.3 is 19.8 Å². The average Bonchev–Trinajstić information content (AvgIpc) is 3.02. The van der Waals surface area contributed by atoms with E-state index in [1.807, 2.05) is 19.9 Å². The molecular formula is C20H21N3O5. The summed E-state index contributed by atoms with van der Waals surface area (Å²) in [6, 6.07) is 11.8. The first kappa shape index (κ1) is 19.2. The number of aryl methyl sites for hydroxylation is 1. The molecule has 1 amide bonds. The summed E-state index contributed by atoms with van der Waals surface area (Å²) in [7, 11) is 0. The zero-order valence-electron chi connectivity index (χ0n) is 15.7. The van der Waals surface area contributed by atoms with Crippen molar-refractivity contribution in [1.29, 1.82) is 0 Å². The Bertz CT molecular complexity index is 1010. The molecule has 8 heteroatoms. The Labute approximate surface area is 161 Å². The van der Waals surface area contributed by atoms with Gasteiger partial charge in [-0.2, -0.15) is 0 Å². The number of hydrogen-bond donors (Lipinski definition) is 2. The number of nitrogens with one attached hydrogen (secondary N) is 2. The zero-order valence-corrected chi connectivity index (χ0v) is 15.7. The standard InChI is InChI=1S/C20H21N3O5/c1-3-27-14-8-9-18-15(12-14)13(2)19(28-18)20(24)22-11-10-21-16-6-4-5-7-17(16)23(25)26/h4-9,12,21H,3,10-11H2,1-2H3,(H,22,24). The molecular weight excluding hydrogens is 362 g/mol. The zero-order chi connectivity index (χ0) is 20.1. The lowest BCUT2D eigenvalue weighted by molar-refractivity contribution is -0.384. The summed E-state index contributed by atoms with van der Waals surface area (Å²) in [6.45, 7) is 4.91. The van der Waals surface area contributed by atoms with Crippen LogP contribution in [-0.2, 0) is 0 Å². The summed E-state index contributed by atoms with van der Waals surface area (Å²) in [5.41, 5.74) is 1.75. The number of ether oxygens (including phenoxy) is 1. The van der Waals surface area contributed by atoms with Crippen LogP contribution in [0.1, 0.15) is 23.0 Å². The van der Waals surface area contributed by atoms with E-state index in [1.165, 1.54) is 6.07 Å². The molecule has 0 aliphatic carbocycles. The Morgan fingerprint density at radius 1 is 1.21 bits per heavy atom. The largest absolute Gasteiger partial charge is 0.494 e. The van der Waals surface area contributed by atoms with Gasteiger partial charge in [0.15, 0.2) is 5.76 Å². The molecule has 0 unspecified atom stereocenters. The third-order valence-corrected chi connectivity index (χ3v) is 4.25. The number of hydrogen-bond acceptors (Lipinski definition) is 6. The lowest BCUT2D eigenvalue weighted by atomic mass is 10.1. The van der Waals surface area contributed by atoms with E-state index < -0.39 is 4.92 Å². The second-order valence-corrected chi connectivity index (χ2v) is 6.10. The number of fused-ring (bicyclic) bond motifs is 1. The minimum absolute atomic E-state index is 0.00735. The number of nitro benzene ring substituents is 1. The van der Waals surface area contributed by atoms with Gasteiger partial charge in [0, 0.05) is 30.1 Å². The molecule has 0 aliphatic rings. The van der Waals surface area contributed by atoms with Crippen molar-refractivity contribution < 1.29 is 18.9 Å².